The fourth-order valence-electron chi connectivity index (χ4n) is 1.74. The summed E-state index contributed by atoms with van der Waals surface area (Å²) in [6.07, 6.45) is 2.37. The van der Waals surface area contributed by atoms with E-state index in [-0.39, 0.29) is 0 Å². The van der Waals surface area contributed by atoms with Crippen LogP contribution < -0.4 is 10.2 Å². The van der Waals surface area contributed by atoms with Crippen molar-refractivity contribution < 1.29 is 0 Å². The Kier molecular flexibility index (Phi) is 5.01. The van der Waals surface area contributed by atoms with Gasteiger partial charge in [0.15, 0.2) is 10.3 Å². The molecule has 5 heteroatoms. The summed E-state index contributed by atoms with van der Waals surface area (Å²) < 4.78 is 0. The number of nitrogens with zero attached hydrogens (tertiary/aromatic N) is 2. The Balaban J connectivity index is 2.30. The molecule has 1 aromatic rings. The van der Waals surface area contributed by atoms with Crippen LogP contribution in [-0.4, -0.2) is 29.6 Å². The molecular formula is C13H17N3S2. The molecule has 0 atom stereocenters. The maximum atomic E-state index is 5.40. The zero-order valence-electron chi connectivity index (χ0n) is 10.4. The molecule has 0 aliphatic carbocycles. The molecular weight excluding hydrogens is 262 g/mol. The van der Waals surface area contributed by atoms with E-state index < -0.39 is 0 Å². The number of thioether (sulfide) groups is 1. The van der Waals surface area contributed by atoms with Gasteiger partial charge in [-0.3, -0.25) is 9.89 Å². The molecule has 96 valence electrons. The van der Waals surface area contributed by atoms with Gasteiger partial charge in [0.05, 0.1) is 5.69 Å². The Labute approximate surface area is 118 Å². The van der Waals surface area contributed by atoms with Gasteiger partial charge in [-0.05, 0) is 37.2 Å². The second-order valence-electron chi connectivity index (χ2n) is 3.95. The van der Waals surface area contributed by atoms with E-state index >= 15 is 0 Å². The molecule has 18 heavy (non-hydrogen) atoms. The summed E-state index contributed by atoms with van der Waals surface area (Å²) in [7, 11) is 1.85. The van der Waals surface area contributed by atoms with Crippen LogP contribution in [0.4, 0.5) is 5.69 Å². The topological polar surface area (TPSA) is 27.6 Å². The predicted octanol–water partition coefficient (Wildman–Crippen LogP) is 2.88. The summed E-state index contributed by atoms with van der Waals surface area (Å²) in [5.41, 5.74) is 1.06. The first-order chi connectivity index (χ1) is 8.83. The van der Waals surface area contributed by atoms with Gasteiger partial charge in [0, 0.05) is 19.3 Å². The lowest BCUT2D eigenvalue weighted by atomic mass is 10.3. The highest BCUT2D eigenvalue weighted by molar-refractivity contribution is 8.14. The van der Waals surface area contributed by atoms with Crippen LogP contribution in [0.2, 0.25) is 0 Å². The third-order valence-corrected chi connectivity index (χ3v) is 4.10. The number of benzene rings is 1. The first-order valence-electron chi connectivity index (χ1n) is 6.07. The lowest BCUT2D eigenvalue weighted by molar-refractivity contribution is 0.823. The van der Waals surface area contributed by atoms with E-state index in [1.165, 1.54) is 6.42 Å². The molecule has 0 unspecified atom stereocenters. The van der Waals surface area contributed by atoms with Crippen molar-refractivity contribution in [1.29, 1.82) is 0 Å². The van der Waals surface area contributed by atoms with Crippen molar-refractivity contribution in [3.8, 4) is 0 Å². The van der Waals surface area contributed by atoms with E-state index in [1.807, 2.05) is 30.1 Å². The molecule has 1 N–H and O–H groups in total. The molecule has 1 aliphatic rings. The van der Waals surface area contributed by atoms with Gasteiger partial charge in [-0.15, -0.1) is 0 Å². The van der Waals surface area contributed by atoms with Crippen LogP contribution in [0.25, 0.3) is 0 Å². The molecule has 1 aromatic carbocycles. The molecule has 1 aliphatic heterocycles. The van der Waals surface area contributed by atoms with Crippen molar-refractivity contribution in [2.24, 2.45) is 4.99 Å². The summed E-state index contributed by atoms with van der Waals surface area (Å²) in [5.74, 6) is 1.11. The van der Waals surface area contributed by atoms with E-state index in [9.17, 15) is 0 Å². The number of hydrogen-bond donors (Lipinski definition) is 1. The van der Waals surface area contributed by atoms with Crippen molar-refractivity contribution in [3.63, 3.8) is 0 Å². The first-order valence-corrected chi connectivity index (χ1v) is 7.46. The third kappa shape index (κ3) is 3.23. The highest BCUT2D eigenvalue weighted by atomic mass is 32.2. The third-order valence-electron chi connectivity index (χ3n) is 2.65. The minimum atomic E-state index is 0.689. The van der Waals surface area contributed by atoms with Crippen molar-refractivity contribution in [2.45, 2.75) is 12.8 Å². The fourth-order valence-corrected chi connectivity index (χ4v) is 3.03. The van der Waals surface area contributed by atoms with Crippen molar-refractivity contribution in [2.75, 3.05) is 24.2 Å². The average molecular weight is 279 g/mol. The molecule has 0 spiro atoms. The lowest BCUT2D eigenvalue weighted by Crippen LogP contribution is -2.41. The number of hydrogen-bond acceptors (Lipinski definition) is 3. The minimum absolute atomic E-state index is 0.689. The Morgan fingerprint density at radius 1 is 1.33 bits per heavy atom. The van der Waals surface area contributed by atoms with E-state index in [4.69, 9.17) is 12.2 Å². The zero-order chi connectivity index (χ0) is 12.8. The van der Waals surface area contributed by atoms with Gasteiger partial charge in [-0.2, -0.15) is 0 Å². The van der Waals surface area contributed by atoms with Crippen LogP contribution >= 0.6 is 24.0 Å². The van der Waals surface area contributed by atoms with E-state index in [0.29, 0.717) is 5.11 Å². The van der Waals surface area contributed by atoms with Gasteiger partial charge in [0.2, 0.25) is 0 Å². The maximum absolute atomic E-state index is 5.40. The number of nitrogens with one attached hydrogen (secondary N) is 1. The Morgan fingerprint density at radius 2 is 2.11 bits per heavy atom. The average Bonchev–Trinajstić information content (AvgIpc) is 2.69. The highest BCUT2D eigenvalue weighted by Gasteiger charge is 2.19. The molecule has 0 saturated carbocycles. The maximum Gasteiger partial charge on any atom is 0.179 e. The lowest BCUT2D eigenvalue weighted by Gasteiger charge is -2.25. The Hall–Kier alpha value is -1.07. The van der Waals surface area contributed by atoms with Crippen LogP contribution in [0.15, 0.2) is 35.3 Å². The number of aliphatic imine (C=N–C) groups is 1. The second-order valence-corrected chi connectivity index (χ2v) is 5.39. The molecule has 0 radical (unpaired) electrons. The Morgan fingerprint density at radius 3 is 2.83 bits per heavy atom. The molecule has 0 bridgehead atoms. The van der Waals surface area contributed by atoms with Gasteiger partial charge in [-0.1, -0.05) is 30.0 Å². The smallest absolute Gasteiger partial charge is 0.179 e. The summed E-state index contributed by atoms with van der Waals surface area (Å²) in [6.45, 7) is 0.887. The second kappa shape index (κ2) is 6.75. The Bertz CT molecular complexity index is 431. The van der Waals surface area contributed by atoms with Gasteiger partial charge >= 0.3 is 0 Å². The summed E-state index contributed by atoms with van der Waals surface area (Å²) in [5, 5.41) is 4.73. The van der Waals surface area contributed by atoms with Gasteiger partial charge < -0.3 is 5.32 Å². The highest BCUT2D eigenvalue weighted by Crippen LogP contribution is 2.22. The minimum Gasteiger partial charge on any atom is -0.365 e. The SMILES string of the molecule is CNC(=S)N(C1=NCCCCS1)c1ccccc1. The van der Waals surface area contributed by atoms with Gasteiger partial charge in [0.1, 0.15) is 0 Å². The molecule has 0 amide bonds. The van der Waals surface area contributed by atoms with Crippen LogP contribution in [0.1, 0.15) is 12.8 Å². The van der Waals surface area contributed by atoms with Gasteiger partial charge in [-0.25, -0.2) is 0 Å². The van der Waals surface area contributed by atoms with Crippen molar-refractivity contribution >= 4 is 39.9 Å². The fraction of sp³-hybridized carbons (Fsp3) is 0.385. The van der Waals surface area contributed by atoms with Crippen molar-refractivity contribution in [1.82, 2.24) is 5.32 Å². The summed E-state index contributed by atoms with van der Waals surface area (Å²) >= 11 is 7.18. The summed E-state index contributed by atoms with van der Waals surface area (Å²) in [6, 6.07) is 10.1. The number of thiocarbonyl (C=S) groups is 1. The van der Waals surface area contributed by atoms with Crippen LogP contribution in [0.3, 0.4) is 0 Å². The van der Waals surface area contributed by atoms with Gasteiger partial charge in [0.25, 0.3) is 0 Å². The quantitative estimate of drug-likeness (QED) is 0.800. The number of para-hydroxylation sites is 1. The normalized spacial score (nSPS) is 15.5. The standard InChI is InChI=1S/C13H17N3S2/c1-14-12(17)16(11-7-3-2-4-8-11)13-15-9-5-6-10-18-13/h2-4,7-8H,5-6,9-10H2,1H3,(H,14,17). The molecule has 3 nitrogen and oxygen atoms in total. The van der Waals surface area contributed by atoms with Crippen LogP contribution in [-0.2, 0) is 0 Å². The van der Waals surface area contributed by atoms with E-state index in [0.717, 1.165) is 29.6 Å². The number of rotatable bonds is 1. The van der Waals surface area contributed by atoms with Crippen LogP contribution in [0.5, 0.6) is 0 Å². The molecule has 1 heterocycles. The monoisotopic (exact) mass is 279 g/mol. The van der Waals surface area contributed by atoms with E-state index in [1.54, 1.807) is 11.8 Å². The number of anilines is 1. The van der Waals surface area contributed by atoms with Crippen LogP contribution in [0, 0.1) is 0 Å². The predicted molar refractivity (Wildman–Crippen MR) is 84.6 cm³/mol. The molecule has 0 aromatic heterocycles. The largest absolute Gasteiger partial charge is 0.365 e. The van der Waals surface area contributed by atoms with Crippen molar-refractivity contribution in [3.05, 3.63) is 30.3 Å². The molecule has 0 saturated heterocycles. The summed E-state index contributed by atoms with van der Waals surface area (Å²) in [4.78, 5) is 6.67. The number of amidine groups is 1. The molecule has 2 rings (SSSR count). The van der Waals surface area contributed by atoms with E-state index in [2.05, 4.69) is 22.4 Å². The molecule has 0 fully saturated rings. The zero-order valence-corrected chi connectivity index (χ0v) is 12.1. The first kappa shape index (κ1) is 13.4.